The minimum atomic E-state index is 0. The van der Waals surface area contributed by atoms with E-state index in [9.17, 15) is 0 Å². The first-order valence-electron chi connectivity index (χ1n) is 0.816. The maximum absolute atomic E-state index is 8.12. The van der Waals surface area contributed by atoms with Gasteiger partial charge >= 0.3 is 28.8 Å². The first-order chi connectivity index (χ1) is 3.41. The molecular weight excluding hydrogens is 160 g/mol. The molecule has 0 saturated carbocycles. The van der Waals surface area contributed by atoms with Gasteiger partial charge in [0.05, 0.1) is 0 Å². The molecule has 0 amide bonds. The second-order valence-electron chi connectivity index (χ2n) is 0.0833. The predicted octanol–water partition coefficient (Wildman–Crippen LogP) is -2.00. The van der Waals surface area contributed by atoms with Gasteiger partial charge in [-0.3, -0.25) is 0 Å². The van der Waals surface area contributed by atoms with E-state index in [0.717, 1.165) is 0 Å². The summed E-state index contributed by atoms with van der Waals surface area (Å²) in [7, 11) is 0. The van der Waals surface area contributed by atoms with Crippen LogP contribution in [0.5, 0.6) is 0 Å². The summed E-state index contributed by atoms with van der Waals surface area (Å²) < 4.78 is 15.0. The van der Waals surface area contributed by atoms with Crippen LogP contribution in [0.1, 0.15) is 10.3 Å². The van der Waals surface area contributed by atoms with Crippen LogP contribution in [0.2, 0.25) is 0 Å². The molecule has 0 saturated heterocycles. The van der Waals surface area contributed by atoms with Crippen LogP contribution in [0.4, 0.5) is 0 Å². The summed E-state index contributed by atoms with van der Waals surface area (Å²) in [4.78, 5) is 16.2. The number of rotatable bonds is 0. The molecule has 0 atom stereocenters. The van der Waals surface area contributed by atoms with Crippen molar-refractivity contribution in [3.63, 3.8) is 0 Å². The normalized spacial score (nSPS) is 1.09. The molecule has 0 rings (SSSR count). The summed E-state index contributed by atoms with van der Waals surface area (Å²) in [5, 5.41) is 0. The standard InChI is InChI=1S/CO2.2CO.CH4.3H2O.2H2/c2-1-3;2*1-2;;;;;;/h;;;1H4;3*1H2;2*1H. The molecule has 0 heterocycles. The van der Waals surface area contributed by atoms with Crippen molar-refractivity contribution < 1.29 is 38.2 Å². The molecular formula is C4H14O7. The summed E-state index contributed by atoms with van der Waals surface area (Å²) in [5.74, 6) is 0. The summed E-state index contributed by atoms with van der Waals surface area (Å²) >= 11 is 0. The molecule has 0 aliphatic heterocycles. The van der Waals surface area contributed by atoms with Gasteiger partial charge in [0, 0.05) is 2.85 Å². The molecule has 0 bridgehead atoms. The fourth-order valence-electron chi connectivity index (χ4n) is 0. The van der Waals surface area contributed by atoms with Crippen LogP contribution < -0.4 is 0 Å². The maximum atomic E-state index is 8.12. The van der Waals surface area contributed by atoms with Crippen LogP contribution in [0.15, 0.2) is 0 Å². The Hall–Kier alpha value is -1.26. The molecule has 0 unspecified atom stereocenters. The van der Waals surface area contributed by atoms with E-state index >= 15 is 0 Å². The van der Waals surface area contributed by atoms with Gasteiger partial charge in [0.15, 0.2) is 0 Å². The van der Waals surface area contributed by atoms with Crippen molar-refractivity contribution in [2.45, 2.75) is 7.43 Å². The third-order valence-electron chi connectivity index (χ3n) is 0. The van der Waals surface area contributed by atoms with Gasteiger partial charge in [0.2, 0.25) is 0 Å². The third-order valence-corrected chi connectivity index (χ3v) is 0. The van der Waals surface area contributed by atoms with E-state index in [4.69, 9.17) is 18.9 Å². The zero-order valence-corrected chi connectivity index (χ0v) is 4.63. The van der Waals surface area contributed by atoms with E-state index in [-0.39, 0.29) is 32.9 Å². The SMILES string of the molecule is C.O.O.O.O=C=O.[C-]#[O+].[C-]#[O+].[HH].[HH]. The van der Waals surface area contributed by atoms with Gasteiger partial charge in [-0.25, -0.2) is 0 Å². The number of hydrogen-bond acceptors (Lipinski definition) is 2. The second-order valence-corrected chi connectivity index (χ2v) is 0.0833. The number of carbonyl (C=O) groups excluding carboxylic acids is 2. The van der Waals surface area contributed by atoms with Crippen LogP contribution in [0, 0.1) is 13.3 Å². The largest absolute Gasteiger partial charge is 0 e. The Kier molecular flexibility index (Phi) is 69800. The average Bonchev–Trinajstić information content (AvgIpc) is 1.78. The Morgan fingerprint density at radius 2 is 0.909 bits per heavy atom. The molecule has 7 nitrogen and oxygen atoms in total. The van der Waals surface area contributed by atoms with Crippen LogP contribution in [0.25, 0.3) is 0 Å². The van der Waals surface area contributed by atoms with E-state index in [2.05, 4.69) is 13.3 Å². The summed E-state index contributed by atoms with van der Waals surface area (Å²) in [5.41, 5.74) is 0. The minimum Gasteiger partial charge on any atom is 0 e. The first kappa shape index (κ1) is 99.1. The van der Waals surface area contributed by atoms with Crippen molar-refractivity contribution in [2.24, 2.45) is 0 Å². The monoisotopic (exact) mass is 174 g/mol. The Morgan fingerprint density at radius 3 is 0.909 bits per heavy atom. The van der Waals surface area contributed by atoms with Crippen molar-refractivity contribution in [3.8, 4) is 0 Å². The van der Waals surface area contributed by atoms with Crippen molar-refractivity contribution in [1.29, 1.82) is 0 Å². The van der Waals surface area contributed by atoms with Crippen LogP contribution in [0.3, 0.4) is 0 Å². The fourth-order valence-corrected chi connectivity index (χ4v) is 0. The Labute approximate surface area is 66.3 Å². The zero-order chi connectivity index (χ0) is 6.71. The van der Waals surface area contributed by atoms with E-state index in [1.807, 2.05) is 0 Å². The molecule has 6 N–H and O–H groups in total. The van der Waals surface area contributed by atoms with Gasteiger partial charge in [-0.15, -0.1) is 0 Å². The van der Waals surface area contributed by atoms with Crippen molar-refractivity contribution in [2.75, 3.05) is 0 Å². The Bertz CT molecular complexity index is 79.0. The molecule has 0 spiro atoms. The molecule has 0 aromatic heterocycles. The molecule has 0 aliphatic carbocycles. The third kappa shape index (κ3) is 250. The molecule has 0 aromatic rings. The first-order valence-corrected chi connectivity index (χ1v) is 0.816. The van der Waals surface area contributed by atoms with Gasteiger partial charge in [-0.05, 0) is 0 Å². The van der Waals surface area contributed by atoms with Crippen molar-refractivity contribution in [1.82, 2.24) is 0 Å². The average molecular weight is 174 g/mol. The zero-order valence-electron chi connectivity index (χ0n) is 4.63. The smallest absolute Gasteiger partial charge is 0 e. The molecule has 7 heteroatoms. The van der Waals surface area contributed by atoms with E-state index < -0.39 is 0 Å². The van der Waals surface area contributed by atoms with Gasteiger partial charge in [0.25, 0.3) is 0 Å². The topological polar surface area (TPSA) is 168 Å². The summed E-state index contributed by atoms with van der Waals surface area (Å²) in [6.45, 7) is 9.00. The van der Waals surface area contributed by atoms with E-state index in [0.29, 0.717) is 0 Å². The quantitative estimate of drug-likeness (QED) is 0.305. The van der Waals surface area contributed by atoms with Gasteiger partial charge < -0.3 is 16.4 Å². The molecule has 0 aliphatic rings. The van der Waals surface area contributed by atoms with E-state index in [1.165, 1.54) is 0 Å². The molecule has 11 heavy (non-hydrogen) atoms. The number of hydrogen-bond donors (Lipinski definition) is 0. The fraction of sp³-hybridized carbons (Fsp3) is 0.250. The Morgan fingerprint density at radius 1 is 0.909 bits per heavy atom. The van der Waals surface area contributed by atoms with Gasteiger partial charge in [0.1, 0.15) is 0 Å². The van der Waals surface area contributed by atoms with E-state index in [1.54, 1.807) is 0 Å². The maximum Gasteiger partial charge on any atom is 0 e. The molecule has 0 radical (unpaired) electrons. The second kappa shape index (κ2) is 7750. The molecule has 0 aromatic carbocycles. The predicted molar refractivity (Wildman–Crippen MR) is 34.7 cm³/mol. The van der Waals surface area contributed by atoms with Gasteiger partial charge in [-0.1, -0.05) is 7.43 Å². The Balaban J connectivity index is -0.00000000218. The minimum absolute atomic E-state index is 0. The van der Waals surface area contributed by atoms with Crippen LogP contribution in [-0.4, -0.2) is 22.6 Å². The summed E-state index contributed by atoms with van der Waals surface area (Å²) in [6, 6.07) is 0. The van der Waals surface area contributed by atoms with Crippen LogP contribution in [-0.2, 0) is 18.9 Å². The molecule has 0 fully saturated rings. The van der Waals surface area contributed by atoms with Crippen LogP contribution >= 0.6 is 0 Å². The van der Waals surface area contributed by atoms with Crippen molar-refractivity contribution in [3.05, 3.63) is 13.3 Å². The van der Waals surface area contributed by atoms with Crippen molar-refractivity contribution >= 4 is 6.15 Å². The summed E-state index contributed by atoms with van der Waals surface area (Å²) in [6.07, 6.45) is 0.250. The molecule has 72 valence electrons. The van der Waals surface area contributed by atoms with Gasteiger partial charge in [-0.2, -0.15) is 9.59 Å².